The van der Waals surface area contributed by atoms with Gasteiger partial charge in [-0.3, -0.25) is 4.79 Å². The molecule has 1 aromatic carbocycles. The molecule has 1 aromatic rings. The highest BCUT2D eigenvalue weighted by Gasteiger charge is 2.02. The monoisotopic (exact) mass is 240 g/mol. The van der Waals surface area contributed by atoms with Crippen molar-refractivity contribution in [2.24, 2.45) is 0 Å². The fourth-order valence-corrected chi connectivity index (χ4v) is 2.42. The Kier molecular flexibility index (Phi) is 6.60. The Hall–Kier alpha value is -0.410. The number of Topliss-reactive ketones (excluding diaryl/α,β-unsaturated/α-hetero) is 1. The molecule has 0 atom stereocenters. The summed E-state index contributed by atoms with van der Waals surface area (Å²) in [6.07, 6.45) is 3.80. The van der Waals surface area contributed by atoms with E-state index < -0.39 is 0 Å². The van der Waals surface area contributed by atoms with Crippen molar-refractivity contribution in [2.75, 3.05) is 17.8 Å². The first-order chi connectivity index (χ1) is 7.33. The average Bonchev–Trinajstić information content (AvgIpc) is 2.28. The topological polar surface area (TPSA) is 17.1 Å². The van der Waals surface area contributed by atoms with Gasteiger partial charge in [-0.25, -0.2) is 0 Å². The van der Waals surface area contributed by atoms with Gasteiger partial charge in [0, 0.05) is 11.3 Å². The molecule has 0 heterocycles. The first-order valence-electron chi connectivity index (χ1n) is 5.01. The molecule has 3 heteroatoms. The molecule has 0 fully saturated rings. The van der Waals surface area contributed by atoms with Gasteiger partial charge in [-0.1, -0.05) is 18.2 Å². The summed E-state index contributed by atoms with van der Waals surface area (Å²) in [7, 11) is 0. The van der Waals surface area contributed by atoms with E-state index in [1.807, 2.05) is 30.3 Å². The summed E-state index contributed by atoms with van der Waals surface area (Å²) in [5.74, 6) is 2.05. The number of rotatable bonds is 7. The van der Waals surface area contributed by atoms with E-state index in [1.54, 1.807) is 23.5 Å². The van der Waals surface area contributed by atoms with Crippen LogP contribution in [0.25, 0.3) is 0 Å². The first kappa shape index (κ1) is 12.7. The average molecular weight is 240 g/mol. The Morgan fingerprint density at radius 1 is 1.27 bits per heavy atom. The lowest BCUT2D eigenvalue weighted by Gasteiger charge is -2.00. The Morgan fingerprint density at radius 2 is 2.00 bits per heavy atom. The number of ketones is 1. The van der Waals surface area contributed by atoms with Crippen molar-refractivity contribution >= 4 is 29.3 Å². The Balaban J connectivity index is 2.17. The number of thioether (sulfide) groups is 2. The lowest BCUT2D eigenvalue weighted by Crippen LogP contribution is -2.01. The van der Waals surface area contributed by atoms with Crippen LogP contribution in [0, 0.1) is 0 Å². The lowest BCUT2D eigenvalue weighted by molar-refractivity contribution is -0.116. The van der Waals surface area contributed by atoms with Crippen LogP contribution in [0.3, 0.4) is 0 Å². The SMILES string of the molecule is CSCCCC(=O)CSc1ccccc1. The summed E-state index contributed by atoms with van der Waals surface area (Å²) >= 11 is 3.43. The predicted molar refractivity (Wildman–Crippen MR) is 69.8 cm³/mol. The normalized spacial score (nSPS) is 10.2. The van der Waals surface area contributed by atoms with Crippen LogP contribution in [0.1, 0.15) is 12.8 Å². The maximum atomic E-state index is 11.5. The fourth-order valence-electron chi connectivity index (χ4n) is 1.17. The molecule has 0 unspecified atom stereocenters. The minimum Gasteiger partial charge on any atom is -0.299 e. The van der Waals surface area contributed by atoms with Crippen molar-refractivity contribution in [1.29, 1.82) is 0 Å². The van der Waals surface area contributed by atoms with Crippen LogP contribution in [-0.4, -0.2) is 23.5 Å². The lowest BCUT2D eigenvalue weighted by atomic mass is 10.2. The summed E-state index contributed by atoms with van der Waals surface area (Å²) in [6, 6.07) is 10.1. The highest BCUT2D eigenvalue weighted by molar-refractivity contribution is 8.00. The first-order valence-corrected chi connectivity index (χ1v) is 7.39. The number of carbonyl (C=O) groups is 1. The van der Waals surface area contributed by atoms with E-state index >= 15 is 0 Å². The van der Waals surface area contributed by atoms with Gasteiger partial charge in [0.25, 0.3) is 0 Å². The third kappa shape index (κ3) is 5.90. The zero-order chi connectivity index (χ0) is 10.9. The smallest absolute Gasteiger partial charge is 0.143 e. The molecule has 0 spiro atoms. The molecular weight excluding hydrogens is 224 g/mol. The van der Waals surface area contributed by atoms with Crippen molar-refractivity contribution in [3.05, 3.63) is 30.3 Å². The summed E-state index contributed by atoms with van der Waals surface area (Å²) in [6.45, 7) is 0. The molecule has 0 amide bonds. The van der Waals surface area contributed by atoms with Crippen molar-refractivity contribution in [3.63, 3.8) is 0 Å². The van der Waals surface area contributed by atoms with Crippen LogP contribution in [-0.2, 0) is 4.79 Å². The second-order valence-corrected chi connectivity index (χ2v) is 5.27. The standard InChI is InChI=1S/C12H16OS2/c1-14-9-5-6-11(13)10-15-12-7-3-2-4-8-12/h2-4,7-8H,5-6,9-10H2,1H3. The summed E-state index contributed by atoms with van der Waals surface area (Å²) in [5, 5.41) is 0. The second-order valence-electron chi connectivity index (χ2n) is 3.24. The van der Waals surface area contributed by atoms with E-state index in [1.165, 1.54) is 4.90 Å². The third-order valence-corrected chi connectivity index (χ3v) is 3.72. The van der Waals surface area contributed by atoms with E-state index in [2.05, 4.69) is 6.26 Å². The van der Waals surface area contributed by atoms with E-state index in [4.69, 9.17) is 0 Å². The maximum Gasteiger partial charge on any atom is 0.143 e. The van der Waals surface area contributed by atoms with Gasteiger partial charge < -0.3 is 0 Å². The molecule has 0 aliphatic carbocycles. The number of carbonyl (C=O) groups excluding carboxylic acids is 1. The van der Waals surface area contributed by atoms with Crippen LogP contribution in [0.5, 0.6) is 0 Å². The van der Waals surface area contributed by atoms with Gasteiger partial charge in [-0.2, -0.15) is 11.8 Å². The minimum absolute atomic E-state index is 0.359. The van der Waals surface area contributed by atoms with Crippen molar-refractivity contribution in [1.82, 2.24) is 0 Å². The van der Waals surface area contributed by atoms with E-state index in [-0.39, 0.29) is 0 Å². The molecule has 0 bridgehead atoms. The van der Waals surface area contributed by atoms with E-state index in [0.29, 0.717) is 11.5 Å². The quantitative estimate of drug-likeness (QED) is 0.536. The molecule has 0 saturated heterocycles. The zero-order valence-corrected chi connectivity index (χ0v) is 10.6. The highest BCUT2D eigenvalue weighted by atomic mass is 32.2. The summed E-state index contributed by atoms with van der Waals surface area (Å²) in [4.78, 5) is 12.6. The van der Waals surface area contributed by atoms with E-state index in [9.17, 15) is 4.79 Å². The fraction of sp³-hybridized carbons (Fsp3) is 0.417. The van der Waals surface area contributed by atoms with Crippen LogP contribution in [0.15, 0.2) is 35.2 Å². The number of benzene rings is 1. The Labute approximate surface area is 100 Å². The molecule has 0 aliphatic heterocycles. The molecule has 0 aliphatic rings. The maximum absolute atomic E-state index is 11.5. The molecule has 0 N–H and O–H groups in total. The second kappa shape index (κ2) is 7.83. The van der Waals surface area contributed by atoms with Gasteiger partial charge in [0.05, 0.1) is 5.75 Å². The minimum atomic E-state index is 0.359. The molecule has 15 heavy (non-hydrogen) atoms. The van der Waals surface area contributed by atoms with Gasteiger partial charge >= 0.3 is 0 Å². The molecule has 1 nitrogen and oxygen atoms in total. The molecule has 82 valence electrons. The molecule has 0 aromatic heterocycles. The Morgan fingerprint density at radius 3 is 2.67 bits per heavy atom. The molecular formula is C12H16OS2. The van der Waals surface area contributed by atoms with Gasteiger partial charge in [-0.05, 0) is 30.6 Å². The van der Waals surface area contributed by atoms with Crippen molar-refractivity contribution in [3.8, 4) is 0 Å². The van der Waals surface area contributed by atoms with Crippen LogP contribution in [0.4, 0.5) is 0 Å². The van der Waals surface area contributed by atoms with Gasteiger partial charge in [0.2, 0.25) is 0 Å². The predicted octanol–water partition coefficient (Wildman–Crippen LogP) is 3.49. The summed E-state index contributed by atoms with van der Waals surface area (Å²) < 4.78 is 0. The molecule has 1 rings (SSSR count). The van der Waals surface area contributed by atoms with Gasteiger partial charge in [0.1, 0.15) is 5.78 Å². The number of hydrogen-bond acceptors (Lipinski definition) is 3. The van der Waals surface area contributed by atoms with Gasteiger partial charge in [-0.15, -0.1) is 11.8 Å². The largest absolute Gasteiger partial charge is 0.299 e. The molecule has 0 radical (unpaired) electrons. The summed E-state index contributed by atoms with van der Waals surface area (Å²) in [5.41, 5.74) is 0. The van der Waals surface area contributed by atoms with Crippen molar-refractivity contribution in [2.45, 2.75) is 17.7 Å². The van der Waals surface area contributed by atoms with Gasteiger partial charge in [0.15, 0.2) is 0 Å². The molecule has 0 saturated carbocycles. The third-order valence-electron chi connectivity index (χ3n) is 1.95. The Bertz CT molecular complexity index is 285. The van der Waals surface area contributed by atoms with E-state index in [0.717, 1.165) is 18.6 Å². The van der Waals surface area contributed by atoms with Crippen LogP contribution >= 0.6 is 23.5 Å². The zero-order valence-electron chi connectivity index (χ0n) is 8.94. The highest BCUT2D eigenvalue weighted by Crippen LogP contribution is 2.17. The van der Waals surface area contributed by atoms with Crippen LogP contribution < -0.4 is 0 Å². The number of hydrogen-bond donors (Lipinski definition) is 0. The van der Waals surface area contributed by atoms with Crippen molar-refractivity contribution < 1.29 is 4.79 Å². The van der Waals surface area contributed by atoms with Crippen LogP contribution in [0.2, 0.25) is 0 Å².